The van der Waals surface area contributed by atoms with Crippen LogP contribution in [0.1, 0.15) is 12.5 Å². The van der Waals surface area contributed by atoms with Gasteiger partial charge in [0.25, 0.3) is 0 Å². The normalized spacial score (nSPS) is 12.1. The molecule has 1 amide bonds. The summed E-state index contributed by atoms with van der Waals surface area (Å²) in [5.74, 6) is -0.291. The van der Waals surface area contributed by atoms with E-state index in [0.29, 0.717) is 11.3 Å². The number of ether oxygens (including phenoxy) is 1. The first-order valence-electron chi connectivity index (χ1n) is 9.14. The second-order valence-electron chi connectivity index (χ2n) is 6.46. The van der Waals surface area contributed by atoms with Gasteiger partial charge in [-0.2, -0.15) is 4.31 Å². The number of nitrogens with one attached hydrogen (secondary N) is 2. The van der Waals surface area contributed by atoms with Crippen molar-refractivity contribution in [3.8, 4) is 5.75 Å². The summed E-state index contributed by atoms with van der Waals surface area (Å²) in [6.07, 6.45) is 0. The molecular weight excluding hydrogens is 466 g/mol. The topological polar surface area (TPSA) is 122 Å². The Balaban J connectivity index is 2.26. The van der Waals surface area contributed by atoms with Crippen molar-refractivity contribution in [2.45, 2.75) is 23.6 Å². The lowest BCUT2D eigenvalue weighted by Crippen LogP contribution is -2.38. The van der Waals surface area contributed by atoms with Crippen LogP contribution >= 0.6 is 11.6 Å². The van der Waals surface area contributed by atoms with Crippen LogP contribution in [0.15, 0.2) is 46.2 Å². The van der Waals surface area contributed by atoms with Gasteiger partial charge in [0.15, 0.2) is 0 Å². The molecule has 31 heavy (non-hydrogen) atoms. The minimum atomic E-state index is -4.00. The molecule has 2 aromatic rings. The first kappa shape index (κ1) is 25.1. The van der Waals surface area contributed by atoms with E-state index in [1.807, 2.05) is 0 Å². The van der Waals surface area contributed by atoms with E-state index in [0.717, 1.165) is 4.31 Å². The number of amides is 1. The minimum absolute atomic E-state index is 0.0243. The predicted octanol–water partition coefficient (Wildman–Crippen LogP) is 2.21. The molecule has 0 spiro atoms. The minimum Gasteiger partial charge on any atom is -0.495 e. The first-order chi connectivity index (χ1) is 14.5. The molecule has 170 valence electrons. The zero-order valence-corrected chi connectivity index (χ0v) is 19.9. The van der Waals surface area contributed by atoms with E-state index in [1.165, 1.54) is 44.5 Å². The predicted molar refractivity (Wildman–Crippen MR) is 118 cm³/mol. The van der Waals surface area contributed by atoms with Crippen molar-refractivity contribution in [3.05, 3.63) is 47.0 Å². The molecule has 0 radical (unpaired) electrons. The second kappa shape index (κ2) is 9.96. The maximum atomic E-state index is 13.0. The molecule has 12 heteroatoms. The number of aryl methyl sites for hydroxylation is 1. The van der Waals surface area contributed by atoms with Crippen LogP contribution < -0.4 is 14.8 Å². The molecule has 0 aliphatic rings. The molecule has 0 saturated carbocycles. The summed E-state index contributed by atoms with van der Waals surface area (Å²) < 4.78 is 58.1. The summed E-state index contributed by atoms with van der Waals surface area (Å²) in [5, 5.41) is 2.71. The summed E-state index contributed by atoms with van der Waals surface area (Å²) in [7, 11) is -5.01. The van der Waals surface area contributed by atoms with Gasteiger partial charge in [0, 0.05) is 12.2 Å². The van der Waals surface area contributed by atoms with Crippen LogP contribution in [-0.2, 0) is 24.8 Å². The molecule has 0 aliphatic carbocycles. The van der Waals surface area contributed by atoms with E-state index in [1.54, 1.807) is 19.9 Å². The van der Waals surface area contributed by atoms with E-state index < -0.39 is 32.5 Å². The molecule has 0 fully saturated rings. The van der Waals surface area contributed by atoms with Crippen LogP contribution in [-0.4, -0.2) is 54.3 Å². The van der Waals surface area contributed by atoms with Crippen molar-refractivity contribution in [1.82, 2.24) is 9.03 Å². The smallest absolute Gasteiger partial charge is 0.243 e. The number of hydrogen-bond acceptors (Lipinski definition) is 6. The van der Waals surface area contributed by atoms with Crippen LogP contribution in [0, 0.1) is 6.92 Å². The van der Waals surface area contributed by atoms with Crippen LogP contribution in [0.4, 0.5) is 5.69 Å². The Morgan fingerprint density at radius 3 is 2.29 bits per heavy atom. The van der Waals surface area contributed by atoms with E-state index in [4.69, 9.17) is 16.3 Å². The summed E-state index contributed by atoms with van der Waals surface area (Å²) in [4.78, 5) is 12.5. The quantitative estimate of drug-likeness (QED) is 0.557. The van der Waals surface area contributed by atoms with Crippen LogP contribution in [0.2, 0.25) is 5.02 Å². The number of carbonyl (C=O) groups excluding carboxylic acids is 1. The number of nitrogens with zero attached hydrogens (tertiary/aromatic N) is 1. The Bertz CT molecular complexity index is 1180. The fourth-order valence-electron chi connectivity index (χ4n) is 2.69. The third-order valence-electron chi connectivity index (χ3n) is 4.50. The van der Waals surface area contributed by atoms with Crippen molar-refractivity contribution in [1.29, 1.82) is 0 Å². The standard InChI is InChI=1S/C19H24ClN3O6S2/c1-5-23(31(27,28)15-8-9-18(29-4)16(20)10-15)12-19(24)22-17-11-14(7-6-13(17)2)30(25,26)21-3/h6-11,21H,5,12H2,1-4H3,(H,22,24). The lowest BCUT2D eigenvalue weighted by molar-refractivity contribution is -0.116. The SMILES string of the molecule is CCN(CC(=O)Nc1cc(S(=O)(=O)NC)ccc1C)S(=O)(=O)c1ccc(OC)c(Cl)c1. The third kappa shape index (κ3) is 5.74. The molecule has 0 unspecified atom stereocenters. The fourth-order valence-corrected chi connectivity index (χ4v) is 5.20. The Labute approximate surface area is 187 Å². The number of sulfonamides is 2. The Kier molecular flexibility index (Phi) is 8.06. The molecule has 2 aromatic carbocycles. The number of halogens is 1. The summed E-state index contributed by atoms with van der Waals surface area (Å²) in [6, 6.07) is 8.30. The van der Waals surface area contributed by atoms with E-state index >= 15 is 0 Å². The molecule has 0 atom stereocenters. The molecule has 2 rings (SSSR count). The molecule has 0 bridgehead atoms. The maximum absolute atomic E-state index is 13.0. The lowest BCUT2D eigenvalue weighted by Gasteiger charge is -2.21. The molecule has 0 aliphatic heterocycles. The van der Waals surface area contributed by atoms with Gasteiger partial charge in [-0.05, 0) is 49.9 Å². The van der Waals surface area contributed by atoms with E-state index in [9.17, 15) is 21.6 Å². The van der Waals surface area contributed by atoms with Gasteiger partial charge in [0.1, 0.15) is 5.75 Å². The average Bonchev–Trinajstić information content (AvgIpc) is 2.73. The van der Waals surface area contributed by atoms with Gasteiger partial charge in [0.05, 0.1) is 28.5 Å². The zero-order chi connectivity index (χ0) is 23.4. The molecule has 0 aromatic heterocycles. The van der Waals surface area contributed by atoms with E-state index in [-0.39, 0.29) is 27.0 Å². The van der Waals surface area contributed by atoms with Crippen molar-refractivity contribution in [2.75, 3.05) is 32.6 Å². The number of likely N-dealkylation sites (N-methyl/N-ethyl adjacent to an activating group) is 1. The molecule has 2 N–H and O–H groups in total. The summed E-state index contributed by atoms with van der Waals surface area (Å²) in [5.41, 5.74) is 0.888. The highest BCUT2D eigenvalue weighted by atomic mass is 35.5. The zero-order valence-electron chi connectivity index (χ0n) is 17.5. The lowest BCUT2D eigenvalue weighted by atomic mass is 10.2. The van der Waals surface area contributed by atoms with Crippen molar-refractivity contribution in [3.63, 3.8) is 0 Å². The van der Waals surface area contributed by atoms with Gasteiger partial charge >= 0.3 is 0 Å². The second-order valence-corrected chi connectivity index (χ2v) is 10.7. The number of benzene rings is 2. The maximum Gasteiger partial charge on any atom is 0.243 e. The number of carbonyl (C=O) groups is 1. The molecule has 0 heterocycles. The highest BCUT2D eigenvalue weighted by Crippen LogP contribution is 2.28. The monoisotopic (exact) mass is 489 g/mol. The van der Waals surface area contributed by atoms with Crippen molar-refractivity contribution in [2.24, 2.45) is 0 Å². The Hall–Kier alpha value is -2.18. The highest BCUT2D eigenvalue weighted by Gasteiger charge is 2.26. The van der Waals surface area contributed by atoms with E-state index in [2.05, 4.69) is 10.0 Å². The highest BCUT2D eigenvalue weighted by molar-refractivity contribution is 7.89. The third-order valence-corrected chi connectivity index (χ3v) is 8.12. The Morgan fingerprint density at radius 2 is 1.74 bits per heavy atom. The number of rotatable bonds is 9. The van der Waals surface area contributed by atoms with Gasteiger partial charge in [-0.1, -0.05) is 24.6 Å². The van der Waals surface area contributed by atoms with Gasteiger partial charge < -0.3 is 10.1 Å². The largest absolute Gasteiger partial charge is 0.495 e. The van der Waals surface area contributed by atoms with Crippen LogP contribution in [0.3, 0.4) is 0 Å². The Morgan fingerprint density at radius 1 is 1.10 bits per heavy atom. The summed E-state index contributed by atoms with van der Waals surface area (Å²) in [6.45, 7) is 2.86. The van der Waals surface area contributed by atoms with Gasteiger partial charge in [-0.25, -0.2) is 21.6 Å². The summed E-state index contributed by atoms with van der Waals surface area (Å²) >= 11 is 6.04. The number of hydrogen-bond donors (Lipinski definition) is 2. The van der Waals surface area contributed by atoms with Crippen molar-refractivity contribution >= 4 is 43.2 Å². The van der Waals surface area contributed by atoms with Gasteiger partial charge in [-0.3, -0.25) is 4.79 Å². The fraction of sp³-hybridized carbons (Fsp3) is 0.316. The average molecular weight is 490 g/mol. The van der Waals surface area contributed by atoms with Gasteiger partial charge in [0.2, 0.25) is 26.0 Å². The van der Waals surface area contributed by atoms with Gasteiger partial charge in [-0.15, -0.1) is 0 Å². The number of methoxy groups -OCH3 is 1. The van der Waals surface area contributed by atoms with Crippen molar-refractivity contribution < 1.29 is 26.4 Å². The molecular formula is C19H24ClN3O6S2. The van der Waals surface area contributed by atoms with Crippen LogP contribution in [0.25, 0.3) is 0 Å². The molecule has 0 saturated heterocycles. The number of anilines is 1. The molecule has 9 nitrogen and oxygen atoms in total. The van der Waals surface area contributed by atoms with Crippen LogP contribution in [0.5, 0.6) is 5.75 Å². The first-order valence-corrected chi connectivity index (χ1v) is 12.4.